The number of hydrogen-bond acceptors (Lipinski definition) is 4. The van der Waals surface area contributed by atoms with E-state index in [0.29, 0.717) is 6.42 Å². The molecule has 13 heavy (non-hydrogen) atoms. The first-order chi connectivity index (χ1) is 6.03. The van der Waals surface area contributed by atoms with Crippen LogP contribution in [0, 0.1) is 0 Å². The van der Waals surface area contributed by atoms with Crippen LogP contribution in [0.4, 0.5) is 5.82 Å². The molecule has 74 valence electrons. The Morgan fingerprint density at radius 1 is 1.62 bits per heavy atom. The van der Waals surface area contributed by atoms with E-state index in [2.05, 4.69) is 15.0 Å². The molecule has 0 aromatic carbocycles. The zero-order valence-electron chi connectivity index (χ0n) is 7.56. The maximum absolute atomic E-state index is 11.2. The Hall–Kier alpha value is -1.11. The molecule has 0 saturated carbocycles. The Balaban J connectivity index is 2.69. The lowest BCUT2D eigenvalue weighted by atomic mass is 10.6. The minimum absolute atomic E-state index is 0.101. The van der Waals surface area contributed by atoms with E-state index in [9.17, 15) is 8.42 Å². The van der Waals surface area contributed by atoms with Gasteiger partial charge in [0.1, 0.15) is 0 Å². The molecule has 0 aliphatic carbocycles. The van der Waals surface area contributed by atoms with Gasteiger partial charge in [0.25, 0.3) is 0 Å². The summed E-state index contributed by atoms with van der Waals surface area (Å²) < 4.78 is 26.2. The zero-order chi connectivity index (χ0) is 9.90. The number of sulfonamides is 1. The van der Waals surface area contributed by atoms with Crippen LogP contribution in [0.5, 0.6) is 0 Å². The van der Waals surface area contributed by atoms with Crippen molar-refractivity contribution in [3.63, 3.8) is 0 Å². The third-order valence-corrected chi connectivity index (χ3v) is 2.80. The summed E-state index contributed by atoms with van der Waals surface area (Å²) in [5.74, 6) is 0.361. The SMILES string of the molecule is CCCS(=O)(=O)Nc1cn(C)nn1. The molecule has 0 fully saturated rings. The second-order valence-corrected chi connectivity index (χ2v) is 4.54. The van der Waals surface area contributed by atoms with Gasteiger partial charge in [0.05, 0.1) is 11.9 Å². The van der Waals surface area contributed by atoms with Gasteiger partial charge < -0.3 is 0 Å². The summed E-state index contributed by atoms with van der Waals surface area (Å²) in [6, 6.07) is 0. The van der Waals surface area contributed by atoms with Gasteiger partial charge in [-0.1, -0.05) is 12.1 Å². The highest BCUT2D eigenvalue weighted by Crippen LogP contribution is 2.03. The molecule has 0 spiro atoms. The minimum atomic E-state index is -3.24. The molecule has 0 saturated heterocycles. The van der Waals surface area contributed by atoms with E-state index in [1.807, 2.05) is 0 Å². The Kier molecular flexibility index (Phi) is 2.86. The fraction of sp³-hybridized carbons (Fsp3) is 0.667. The van der Waals surface area contributed by atoms with Gasteiger partial charge in [-0.3, -0.25) is 9.40 Å². The lowest BCUT2D eigenvalue weighted by Crippen LogP contribution is -2.16. The van der Waals surface area contributed by atoms with Crippen LogP contribution in [0.25, 0.3) is 0 Å². The largest absolute Gasteiger partial charge is 0.265 e. The third kappa shape index (κ3) is 3.02. The molecule has 1 aromatic rings. The molecule has 0 aliphatic heterocycles. The Bertz CT molecular complexity index is 370. The molecule has 0 atom stereocenters. The second kappa shape index (κ2) is 3.73. The molecular formula is C6H12N4O2S. The van der Waals surface area contributed by atoms with Crippen molar-refractivity contribution in [1.29, 1.82) is 0 Å². The number of anilines is 1. The van der Waals surface area contributed by atoms with Gasteiger partial charge in [0.15, 0.2) is 5.82 Å². The maximum atomic E-state index is 11.2. The van der Waals surface area contributed by atoms with E-state index in [-0.39, 0.29) is 11.6 Å². The maximum Gasteiger partial charge on any atom is 0.233 e. The van der Waals surface area contributed by atoms with Crippen molar-refractivity contribution >= 4 is 15.8 Å². The lowest BCUT2D eigenvalue weighted by molar-refractivity contribution is 0.599. The smallest absolute Gasteiger partial charge is 0.233 e. The molecular weight excluding hydrogens is 192 g/mol. The molecule has 7 heteroatoms. The third-order valence-electron chi connectivity index (χ3n) is 1.34. The van der Waals surface area contributed by atoms with Crippen LogP contribution in [-0.2, 0) is 17.1 Å². The van der Waals surface area contributed by atoms with Crippen LogP contribution < -0.4 is 4.72 Å². The van der Waals surface area contributed by atoms with E-state index < -0.39 is 10.0 Å². The second-order valence-electron chi connectivity index (χ2n) is 2.70. The summed E-state index contributed by atoms with van der Waals surface area (Å²) in [7, 11) is -1.57. The lowest BCUT2D eigenvalue weighted by Gasteiger charge is -2.01. The Morgan fingerprint density at radius 2 is 2.31 bits per heavy atom. The normalized spacial score (nSPS) is 11.5. The minimum Gasteiger partial charge on any atom is -0.265 e. The first kappa shape index (κ1) is 9.97. The van der Waals surface area contributed by atoms with Gasteiger partial charge in [-0.15, -0.1) is 5.10 Å². The van der Waals surface area contributed by atoms with Crippen LogP contribution in [0.3, 0.4) is 0 Å². The molecule has 1 heterocycles. The highest BCUT2D eigenvalue weighted by Gasteiger charge is 2.10. The Labute approximate surface area is 77.0 Å². The van der Waals surface area contributed by atoms with Crippen LogP contribution in [0.2, 0.25) is 0 Å². The summed E-state index contributed by atoms with van der Waals surface area (Å²) in [5.41, 5.74) is 0. The number of aryl methyl sites for hydroxylation is 1. The van der Waals surface area contributed by atoms with Crippen LogP contribution in [-0.4, -0.2) is 29.2 Å². The molecule has 1 N–H and O–H groups in total. The van der Waals surface area contributed by atoms with Gasteiger partial charge >= 0.3 is 0 Å². The predicted octanol–water partition coefficient (Wildman–Crippen LogP) is -0.0332. The standard InChI is InChI=1S/C6H12N4O2S/c1-3-4-13(11,12)8-6-5-10(2)9-7-6/h5,8H,3-4H2,1-2H3. The number of nitrogens with zero attached hydrogens (tertiary/aromatic N) is 3. The average Bonchev–Trinajstić information content (AvgIpc) is 2.34. The van der Waals surface area contributed by atoms with Crippen molar-refractivity contribution in [2.24, 2.45) is 7.05 Å². The first-order valence-electron chi connectivity index (χ1n) is 3.90. The van der Waals surface area contributed by atoms with E-state index in [1.54, 1.807) is 14.0 Å². The number of rotatable bonds is 4. The van der Waals surface area contributed by atoms with Crippen molar-refractivity contribution < 1.29 is 8.42 Å². The van der Waals surface area contributed by atoms with Gasteiger partial charge in [-0.05, 0) is 6.42 Å². The van der Waals surface area contributed by atoms with Crippen molar-refractivity contribution in [2.75, 3.05) is 10.5 Å². The topological polar surface area (TPSA) is 76.9 Å². The molecule has 0 amide bonds. The van der Waals surface area contributed by atoms with Gasteiger partial charge in [-0.25, -0.2) is 8.42 Å². The van der Waals surface area contributed by atoms with Gasteiger partial charge in [-0.2, -0.15) is 0 Å². The molecule has 0 radical (unpaired) electrons. The molecule has 6 nitrogen and oxygen atoms in total. The summed E-state index contributed by atoms with van der Waals surface area (Å²) in [6.45, 7) is 1.80. The molecule has 0 aliphatic rings. The highest BCUT2D eigenvalue weighted by atomic mass is 32.2. The van der Waals surface area contributed by atoms with Crippen LogP contribution in [0.15, 0.2) is 6.20 Å². The summed E-state index contributed by atoms with van der Waals surface area (Å²) >= 11 is 0. The van der Waals surface area contributed by atoms with E-state index in [1.165, 1.54) is 10.9 Å². The summed E-state index contributed by atoms with van der Waals surface area (Å²) in [4.78, 5) is 0. The van der Waals surface area contributed by atoms with Crippen molar-refractivity contribution in [3.05, 3.63) is 6.20 Å². The van der Waals surface area contributed by atoms with E-state index >= 15 is 0 Å². The van der Waals surface area contributed by atoms with Crippen molar-refractivity contribution in [3.8, 4) is 0 Å². The Morgan fingerprint density at radius 3 is 2.77 bits per heavy atom. The quantitative estimate of drug-likeness (QED) is 0.747. The molecule has 1 rings (SSSR count). The fourth-order valence-corrected chi connectivity index (χ4v) is 1.92. The van der Waals surface area contributed by atoms with Crippen molar-refractivity contribution in [1.82, 2.24) is 15.0 Å². The predicted molar refractivity (Wildman–Crippen MR) is 48.7 cm³/mol. The van der Waals surface area contributed by atoms with Gasteiger partial charge in [0, 0.05) is 7.05 Å². The zero-order valence-corrected chi connectivity index (χ0v) is 8.37. The van der Waals surface area contributed by atoms with Gasteiger partial charge in [0.2, 0.25) is 10.0 Å². The average molecular weight is 204 g/mol. The monoisotopic (exact) mass is 204 g/mol. The molecule has 1 aromatic heterocycles. The number of aromatic nitrogens is 3. The fourth-order valence-electron chi connectivity index (χ4n) is 0.873. The summed E-state index contributed by atoms with van der Waals surface area (Å²) in [6.07, 6.45) is 2.09. The van der Waals surface area contributed by atoms with Crippen LogP contribution >= 0.6 is 0 Å². The first-order valence-corrected chi connectivity index (χ1v) is 5.55. The number of hydrogen-bond donors (Lipinski definition) is 1. The molecule has 0 unspecified atom stereocenters. The summed E-state index contributed by atoms with van der Waals surface area (Å²) in [5, 5.41) is 7.21. The molecule has 0 bridgehead atoms. The van der Waals surface area contributed by atoms with E-state index in [4.69, 9.17) is 0 Å². The van der Waals surface area contributed by atoms with Crippen LogP contribution in [0.1, 0.15) is 13.3 Å². The van der Waals surface area contributed by atoms with Crippen molar-refractivity contribution in [2.45, 2.75) is 13.3 Å². The number of nitrogens with one attached hydrogen (secondary N) is 1. The van der Waals surface area contributed by atoms with E-state index in [0.717, 1.165) is 0 Å². The highest BCUT2D eigenvalue weighted by molar-refractivity contribution is 7.92.